The molecule has 0 aliphatic heterocycles. The first kappa shape index (κ1) is 13.3. The summed E-state index contributed by atoms with van der Waals surface area (Å²) in [6.07, 6.45) is 0.596. The molecule has 0 bridgehead atoms. The third-order valence-electron chi connectivity index (χ3n) is 4.47. The maximum atomic E-state index is 9.87. The Balaban J connectivity index is 1.95. The Morgan fingerprint density at radius 1 is 0.682 bits per heavy atom. The highest BCUT2D eigenvalue weighted by atomic mass is 17.1. The van der Waals surface area contributed by atoms with Gasteiger partial charge in [0.05, 0.1) is 0 Å². The lowest BCUT2D eigenvalue weighted by Crippen LogP contribution is -2.30. The molecule has 108 valence electrons. The van der Waals surface area contributed by atoms with Gasteiger partial charge >= 0.3 is 0 Å². The first-order valence-corrected chi connectivity index (χ1v) is 7.41. The molecule has 1 N–H and O–H groups in total. The van der Waals surface area contributed by atoms with Crippen LogP contribution in [0.5, 0.6) is 0 Å². The minimum Gasteiger partial charge on any atom is -0.251 e. The lowest BCUT2D eigenvalue weighted by atomic mass is 9.85. The highest BCUT2D eigenvalue weighted by Crippen LogP contribution is 2.50. The van der Waals surface area contributed by atoms with E-state index in [0.717, 1.165) is 27.8 Å². The monoisotopic (exact) mass is 288 g/mol. The van der Waals surface area contributed by atoms with Crippen molar-refractivity contribution in [2.24, 2.45) is 0 Å². The third kappa shape index (κ3) is 1.82. The average molecular weight is 288 g/mol. The summed E-state index contributed by atoms with van der Waals surface area (Å²) >= 11 is 0. The van der Waals surface area contributed by atoms with Crippen LogP contribution in [-0.2, 0) is 16.9 Å². The molecule has 1 aliphatic rings. The second kappa shape index (κ2) is 5.09. The highest BCUT2D eigenvalue weighted by Gasteiger charge is 2.44. The predicted octanol–water partition coefficient (Wildman–Crippen LogP) is 4.64. The van der Waals surface area contributed by atoms with Gasteiger partial charge in [-0.1, -0.05) is 78.9 Å². The minimum atomic E-state index is -0.839. The van der Waals surface area contributed by atoms with Crippen molar-refractivity contribution in [2.45, 2.75) is 12.0 Å². The van der Waals surface area contributed by atoms with E-state index >= 15 is 0 Å². The molecule has 3 aromatic carbocycles. The van der Waals surface area contributed by atoms with Gasteiger partial charge in [-0.3, -0.25) is 5.26 Å². The molecule has 3 aromatic rings. The fourth-order valence-electron chi connectivity index (χ4n) is 3.49. The fraction of sp³-hybridized carbons (Fsp3) is 0.100. The number of hydrogen-bond donors (Lipinski definition) is 1. The minimum absolute atomic E-state index is 0.596. The van der Waals surface area contributed by atoms with E-state index in [0.29, 0.717) is 6.42 Å². The van der Waals surface area contributed by atoms with Gasteiger partial charge in [-0.15, -0.1) is 0 Å². The summed E-state index contributed by atoms with van der Waals surface area (Å²) < 4.78 is 0. The van der Waals surface area contributed by atoms with Crippen LogP contribution < -0.4 is 0 Å². The molecule has 0 heterocycles. The maximum absolute atomic E-state index is 9.87. The molecule has 0 saturated carbocycles. The summed E-state index contributed by atoms with van der Waals surface area (Å²) in [6.45, 7) is 0. The van der Waals surface area contributed by atoms with Crippen molar-refractivity contribution in [1.29, 1.82) is 0 Å². The van der Waals surface area contributed by atoms with Crippen LogP contribution in [0.3, 0.4) is 0 Å². The SMILES string of the molecule is OOC1(Cc2ccccc2)c2ccccc2-c2ccccc21. The quantitative estimate of drug-likeness (QED) is 0.562. The Kier molecular flexibility index (Phi) is 3.07. The first-order valence-electron chi connectivity index (χ1n) is 7.41. The van der Waals surface area contributed by atoms with Crippen molar-refractivity contribution in [3.05, 3.63) is 95.6 Å². The van der Waals surface area contributed by atoms with Gasteiger partial charge in [-0.2, -0.15) is 0 Å². The van der Waals surface area contributed by atoms with E-state index in [1.807, 2.05) is 54.6 Å². The Hall–Kier alpha value is -2.42. The van der Waals surface area contributed by atoms with Crippen LogP contribution in [0.25, 0.3) is 11.1 Å². The molecule has 0 radical (unpaired) electrons. The summed E-state index contributed by atoms with van der Waals surface area (Å²) in [4.78, 5) is 5.16. The lowest BCUT2D eigenvalue weighted by molar-refractivity contribution is -0.314. The summed E-state index contributed by atoms with van der Waals surface area (Å²) in [5.41, 5.74) is 4.58. The topological polar surface area (TPSA) is 29.5 Å². The van der Waals surface area contributed by atoms with Gasteiger partial charge in [0, 0.05) is 6.42 Å². The smallest absolute Gasteiger partial charge is 0.158 e. The highest BCUT2D eigenvalue weighted by molar-refractivity contribution is 5.80. The molecule has 22 heavy (non-hydrogen) atoms. The van der Waals surface area contributed by atoms with Crippen LogP contribution in [0, 0.1) is 0 Å². The predicted molar refractivity (Wildman–Crippen MR) is 86.5 cm³/mol. The number of rotatable bonds is 3. The molecule has 0 saturated heterocycles. The van der Waals surface area contributed by atoms with Gasteiger partial charge < -0.3 is 0 Å². The van der Waals surface area contributed by atoms with Crippen molar-refractivity contribution in [2.75, 3.05) is 0 Å². The summed E-state index contributed by atoms with van der Waals surface area (Å²) in [7, 11) is 0. The van der Waals surface area contributed by atoms with Crippen molar-refractivity contribution in [1.82, 2.24) is 0 Å². The van der Waals surface area contributed by atoms with Crippen molar-refractivity contribution < 1.29 is 10.1 Å². The molecule has 0 spiro atoms. The Morgan fingerprint density at radius 2 is 1.18 bits per heavy atom. The van der Waals surface area contributed by atoms with Crippen molar-refractivity contribution in [3.63, 3.8) is 0 Å². The zero-order chi connectivity index (χ0) is 15.0. The van der Waals surface area contributed by atoms with Gasteiger partial charge in [-0.05, 0) is 27.8 Å². The second-order valence-electron chi connectivity index (χ2n) is 5.67. The van der Waals surface area contributed by atoms with Gasteiger partial charge in [0.15, 0.2) is 5.60 Å². The molecule has 0 aromatic heterocycles. The molecule has 2 heteroatoms. The molecule has 0 fully saturated rings. The number of benzene rings is 3. The normalized spacial score (nSPS) is 14.4. The van der Waals surface area contributed by atoms with Gasteiger partial charge in [0.1, 0.15) is 0 Å². The number of fused-ring (bicyclic) bond motifs is 3. The standard InChI is InChI=1S/C20H16O2/c21-22-20(14-15-8-2-1-3-9-15)18-12-6-4-10-16(18)17-11-5-7-13-19(17)20/h1-13,21H,14H2. The van der Waals surface area contributed by atoms with Crippen LogP contribution in [0.2, 0.25) is 0 Å². The van der Waals surface area contributed by atoms with E-state index in [1.54, 1.807) is 0 Å². The second-order valence-corrected chi connectivity index (χ2v) is 5.67. The summed E-state index contributed by atoms with van der Waals surface area (Å²) in [5.74, 6) is 0. The third-order valence-corrected chi connectivity index (χ3v) is 4.47. The maximum Gasteiger partial charge on any atom is 0.158 e. The molecular weight excluding hydrogens is 272 g/mol. The zero-order valence-electron chi connectivity index (χ0n) is 12.1. The van der Waals surface area contributed by atoms with Gasteiger partial charge in [-0.25, -0.2) is 4.89 Å². The Labute approximate surface area is 129 Å². The lowest BCUT2D eigenvalue weighted by Gasteiger charge is -2.28. The van der Waals surface area contributed by atoms with Crippen molar-refractivity contribution >= 4 is 0 Å². The summed E-state index contributed by atoms with van der Waals surface area (Å²) in [6, 6.07) is 26.4. The van der Waals surface area contributed by atoms with E-state index in [1.165, 1.54) is 0 Å². The molecule has 4 rings (SSSR count). The van der Waals surface area contributed by atoms with E-state index in [2.05, 4.69) is 24.3 Å². The van der Waals surface area contributed by atoms with Crippen molar-refractivity contribution in [3.8, 4) is 11.1 Å². The van der Waals surface area contributed by atoms with Crippen LogP contribution in [0.15, 0.2) is 78.9 Å². The fourth-order valence-corrected chi connectivity index (χ4v) is 3.49. The molecule has 1 aliphatic carbocycles. The molecular formula is C20H16O2. The average Bonchev–Trinajstić information content (AvgIpc) is 2.87. The molecule has 2 nitrogen and oxygen atoms in total. The van der Waals surface area contributed by atoms with E-state index in [-0.39, 0.29) is 0 Å². The van der Waals surface area contributed by atoms with E-state index in [9.17, 15) is 5.26 Å². The van der Waals surface area contributed by atoms with Crippen LogP contribution >= 0.6 is 0 Å². The van der Waals surface area contributed by atoms with Gasteiger partial charge in [0.25, 0.3) is 0 Å². The molecule has 0 atom stereocenters. The van der Waals surface area contributed by atoms with E-state index in [4.69, 9.17) is 4.89 Å². The first-order chi connectivity index (χ1) is 10.8. The van der Waals surface area contributed by atoms with Crippen LogP contribution in [-0.4, -0.2) is 5.26 Å². The summed E-state index contributed by atoms with van der Waals surface area (Å²) in [5, 5.41) is 9.87. The molecule has 0 unspecified atom stereocenters. The molecule has 0 amide bonds. The largest absolute Gasteiger partial charge is 0.251 e. The van der Waals surface area contributed by atoms with E-state index < -0.39 is 5.60 Å². The zero-order valence-corrected chi connectivity index (χ0v) is 12.1. The number of hydrogen-bond acceptors (Lipinski definition) is 2. The van der Waals surface area contributed by atoms with Gasteiger partial charge in [0.2, 0.25) is 0 Å². The van der Waals surface area contributed by atoms with Crippen LogP contribution in [0.4, 0.5) is 0 Å². The Bertz CT molecular complexity index is 763. The van der Waals surface area contributed by atoms with Crippen LogP contribution in [0.1, 0.15) is 16.7 Å². The Morgan fingerprint density at radius 3 is 1.73 bits per heavy atom.